The highest BCUT2D eigenvalue weighted by Crippen LogP contribution is 2.24. The molecule has 0 fully saturated rings. The first kappa shape index (κ1) is 15.5. The van der Waals surface area contributed by atoms with Crippen LogP contribution < -0.4 is 16.0 Å². The third-order valence-corrected chi connectivity index (χ3v) is 3.48. The fourth-order valence-corrected chi connectivity index (χ4v) is 2.41. The van der Waals surface area contributed by atoms with Crippen LogP contribution in [0.4, 0.5) is 4.39 Å². The number of methoxy groups -OCH3 is 1. The molecule has 0 aliphatic heterocycles. The van der Waals surface area contributed by atoms with Crippen LogP contribution in [0.2, 0.25) is 0 Å². The van der Waals surface area contributed by atoms with Gasteiger partial charge in [-0.3, -0.25) is 16.0 Å². The Bertz CT molecular complexity index is 612. The molecule has 1 atom stereocenters. The second kappa shape index (κ2) is 6.69. The van der Waals surface area contributed by atoms with Gasteiger partial charge in [0, 0.05) is 18.7 Å². The molecule has 0 spiro atoms. The largest absolute Gasteiger partial charge is 0.494 e. The molecule has 6 heteroatoms. The van der Waals surface area contributed by atoms with E-state index in [9.17, 15) is 4.39 Å². The molecule has 3 N–H and O–H groups in total. The van der Waals surface area contributed by atoms with Crippen molar-refractivity contribution in [3.63, 3.8) is 0 Å². The van der Waals surface area contributed by atoms with E-state index in [0.717, 1.165) is 23.5 Å². The number of hydrogen-bond acceptors (Lipinski definition) is 4. The summed E-state index contributed by atoms with van der Waals surface area (Å²) >= 11 is 0. The molecule has 2 aromatic rings. The highest BCUT2D eigenvalue weighted by Gasteiger charge is 2.16. The van der Waals surface area contributed by atoms with Gasteiger partial charge in [-0.05, 0) is 37.6 Å². The van der Waals surface area contributed by atoms with Crippen molar-refractivity contribution >= 4 is 0 Å². The Kier molecular flexibility index (Phi) is 4.93. The van der Waals surface area contributed by atoms with Gasteiger partial charge in [-0.25, -0.2) is 4.39 Å². The van der Waals surface area contributed by atoms with Gasteiger partial charge in [-0.2, -0.15) is 5.10 Å². The van der Waals surface area contributed by atoms with Gasteiger partial charge in [0.15, 0.2) is 11.6 Å². The Morgan fingerprint density at radius 1 is 1.43 bits per heavy atom. The Labute approximate surface area is 123 Å². The Hall–Kier alpha value is -1.92. The van der Waals surface area contributed by atoms with Gasteiger partial charge < -0.3 is 4.74 Å². The van der Waals surface area contributed by atoms with Gasteiger partial charge in [0.2, 0.25) is 0 Å². The number of nitrogens with one attached hydrogen (secondary N) is 1. The minimum atomic E-state index is -0.383. The minimum absolute atomic E-state index is 0.138. The van der Waals surface area contributed by atoms with Crippen molar-refractivity contribution in [1.82, 2.24) is 15.2 Å². The molecule has 0 saturated heterocycles. The van der Waals surface area contributed by atoms with Crippen molar-refractivity contribution < 1.29 is 9.13 Å². The summed E-state index contributed by atoms with van der Waals surface area (Å²) in [5, 5.41) is 4.42. The third-order valence-electron chi connectivity index (χ3n) is 3.48. The van der Waals surface area contributed by atoms with Gasteiger partial charge in [0.1, 0.15) is 0 Å². The number of hydrazine groups is 1. The second-order valence-corrected chi connectivity index (χ2v) is 4.91. The third kappa shape index (κ3) is 3.40. The van der Waals surface area contributed by atoms with Crippen LogP contribution in [-0.2, 0) is 13.0 Å². The van der Waals surface area contributed by atoms with Crippen molar-refractivity contribution in [2.45, 2.75) is 32.9 Å². The molecule has 1 unspecified atom stereocenters. The lowest BCUT2D eigenvalue weighted by Gasteiger charge is -2.18. The molecule has 2 rings (SSSR count). The van der Waals surface area contributed by atoms with E-state index in [1.165, 1.54) is 13.2 Å². The number of aromatic nitrogens is 2. The fourth-order valence-electron chi connectivity index (χ4n) is 2.41. The molecule has 0 bridgehead atoms. The van der Waals surface area contributed by atoms with E-state index in [1.54, 1.807) is 12.1 Å². The molecule has 5 nitrogen and oxygen atoms in total. The maximum absolute atomic E-state index is 13.5. The first-order valence-electron chi connectivity index (χ1n) is 6.92. The van der Waals surface area contributed by atoms with Gasteiger partial charge in [-0.1, -0.05) is 6.07 Å². The molecule has 0 aliphatic carbocycles. The normalized spacial score (nSPS) is 12.4. The van der Waals surface area contributed by atoms with Gasteiger partial charge in [0.25, 0.3) is 0 Å². The molecular weight excluding hydrogens is 271 g/mol. The van der Waals surface area contributed by atoms with Crippen molar-refractivity contribution in [3.8, 4) is 5.75 Å². The molecule has 1 aromatic carbocycles. The van der Waals surface area contributed by atoms with E-state index in [1.807, 2.05) is 24.6 Å². The van der Waals surface area contributed by atoms with Crippen LogP contribution in [0.3, 0.4) is 0 Å². The highest BCUT2D eigenvalue weighted by atomic mass is 19.1. The zero-order chi connectivity index (χ0) is 15.4. The summed E-state index contributed by atoms with van der Waals surface area (Å²) in [6.07, 6.45) is 0.667. The molecule has 1 heterocycles. The number of ether oxygens (including phenoxy) is 1. The summed E-state index contributed by atoms with van der Waals surface area (Å²) in [5.41, 5.74) is 5.71. The van der Waals surface area contributed by atoms with Crippen LogP contribution >= 0.6 is 0 Å². The summed E-state index contributed by atoms with van der Waals surface area (Å²) in [7, 11) is 1.45. The van der Waals surface area contributed by atoms with E-state index in [0.29, 0.717) is 6.42 Å². The molecule has 1 aromatic heterocycles. The highest BCUT2D eigenvalue weighted by molar-refractivity contribution is 5.33. The number of benzene rings is 1. The lowest BCUT2D eigenvalue weighted by atomic mass is 10.0. The summed E-state index contributed by atoms with van der Waals surface area (Å²) in [4.78, 5) is 0. The molecule has 0 saturated carbocycles. The smallest absolute Gasteiger partial charge is 0.165 e. The van der Waals surface area contributed by atoms with E-state index < -0.39 is 0 Å². The Balaban J connectivity index is 2.27. The standard InChI is InChI=1S/C15H21FN4O/c1-4-20-12(7-10(2)19-20)9-14(18-17)11-5-6-13(16)15(8-11)21-3/h5-8,14,18H,4,9,17H2,1-3H3. The number of aryl methyl sites for hydroxylation is 2. The predicted octanol–water partition coefficient (Wildman–Crippen LogP) is 2.11. The summed E-state index contributed by atoms with van der Waals surface area (Å²) in [6, 6.07) is 6.66. The monoisotopic (exact) mass is 292 g/mol. The Morgan fingerprint density at radius 2 is 2.19 bits per heavy atom. The number of hydrogen-bond donors (Lipinski definition) is 2. The summed E-state index contributed by atoms with van der Waals surface area (Å²) < 4.78 is 20.5. The van der Waals surface area contributed by atoms with Crippen LogP contribution in [0.1, 0.15) is 29.9 Å². The lowest BCUT2D eigenvalue weighted by Crippen LogP contribution is -2.30. The van der Waals surface area contributed by atoms with Gasteiger partial charge in [0.05, 0.1) is 18.8 Å². The molecular formula is C15H21FN4O. The molecule has 21 heavy (non-hydrogen) atoms. The Morgan fingerprint density at radius 3 is 2.81 bits per heavy atom. The van der Waals surface area contributed by atoms with Crippen LogP contribution in [0.25, 0.3) is 0 Å². The quantitative estimate of drug-likeness (QED) is 0.632. The van der Waals surface area contributed by atoms with E-state index >= 15 is 0 Å². The lowest BCUT2D eigenvalue weighted by molar-refractivity contribution is 0.384. The van der Waals surface area contributed by atoms with E-state index in [4.69, 9.17) is 10.6 Å². The topological polar surface area (TPSA) is 65.1 Å². The molecule has 114 valence electrons. The van der Waals surface area contributed by atoms with Crippen LogP contribution in [0.5, 0.6) is 5.75 Å². The fraction of sp³-hybridized carbons (Fsp3) is 0.400. The van der Waals surface area contributed by atoms with Crippen molar-refractivity contribution in [1.29, 1.82) is 0 Å². The zero-order valence-corrected chi connectivity index (χ0v) is 12.6. The minimum Gasteiger partial charge on any atom is -0.494 e. The van der Waals surface area contributed by atoms with Crippen molar-refractivity contribution in [3.05, 3.63) is 47.0 Å². The van der Waals surface area contributed by atoms with Crippen LogP contribution in [0, 0.1) is 12.7 Å². The number of nitrogens with two attached hydrogens (primary N) is 1. The second-order valence-electron chi connectivity index (χ2n) is 4.91. The van der Waals surface area contributed by atoms with Crippen molar-refractivity contribution in [2.24, 2.45) is 5.84 Å². The number of halogens is 1. The maximum Gasteiger partial charge on any atom is 0.165 e. The summed E-state index contributed by atoms with van der Waals surface area (Å²) in [6.45, 7) is 4.80. The first-order valence-corrected chi connectivity index (χ1v) is 6.92. The number of nitrogens with zero attached hydrogens (tertiary/aromatic N) is 2. The number of rotatable bonds is 6. The van der Waals surface area contributed by atoms with Gasteiger partial charge in [-0.15, -0.1) is 0 Å². The molecule has 0 aliphatic rings. The van der Waals surface area contributed by atoms with Crippen molar-refractivity contribution in [2.75, 3.05) is 7.11 Å². The van der Waals surface area contributed by atoms with Gasteiger partial charge >= 0.3 is 0 Å². The molecule has 0 amide bonds. The average Bonchev–Trinajstić information content (AvgIpc) is 2.85. The maximum atomic E-state index is 13.5. The molecule has 0 radical (unpaired) electrons. The van der Waals surface area contributed by atoms with E-state index in [2.05, 4.69) is 10.5 Å². The average molecular weight is 292 g/mol. The van der Waals surface area contributed by atoms with Crippen LogP contribution in [0.15, 0.2) is 24.3 Å². The SMILES string of the molecule is CCn1nc(C)cc1CC(NN)c1ccc(F)c(OC)c1. The van der Waals surface area contributed by atoms with Crippen LogP contribution in [-0.4, -0.2) is 16.9 Å². The predicted molar refractivity (Wildman–Crippen MR) is 79.4 cm³/mol. The summed E-state index contributed by atoms with van der Waals surface area (Å²) in [5.74, 6) is 5.50. The zero-order valence-electron chi connectivity index (χ0n) is 12.6. The first-order chi connectivity index (χ1) is 10.1. The van der Waals surface area contributed by atoms with E-state index in [-0.39, 0.29) is 17.6 Å².